The average Bonchev–Trinajstić information content (AvgIpc) is 2.86. The predicted octanol–water partition coefficient (Wildman–Crippen LogP) is 5.45. The Morgan fingerprint density at radius 2 is 2.00 bits per heavy atom. The summed E-state index contributed by atoms with van der Waals surface area (Å²) in [5, 5.41) is 11.9. The summed E-state index contributed by atoms with van der Waals surface area (Å²) in [6, 6.07) is 7.86. The number of anilines is 2. The molecule has 1 aromatic heterocycles. The molecule has 5 nitrogen and oxygen atoms in total. The minimum Gasteiger partial charge on any atom is -0.356 e. The molecule has 1 saturated heterocycles. The van der Waals surface area contributed by atoms with E-state index in [4.69, 9.17) is 0 Å². The maximum absolute atomic E-state index is 13.8. The van der Waals surface area contributed by atoms with Crippen LogP contribution >= 0.6 is 12.6 Å². The number of nitrogens with zero attached hydrogens (tertiary/aromatic N) is 3. The first-order chi connectivity index (χ1) is 14.9. The van der Waals surface area contributed by atoms with Gasteiger partial charge in [-0.15, -0.1) is 12.6 Å². The van der Waals surface area contributed by atoms with Crippen LogP contribution in [0.1, 0.15) is 46.4 Å². The van der Waals surface area contributed by atoms with Gasteiger partial charge in [0.1, 0.15) is 11.9 Å². The molecule has 1 aliphatic heterocycles. The van der Waals surface area contributed by atoms with Crippen molar-refractivity contribution in [1.82, 2.24) is 4.98 Å². The van der Waals surface area contributed by atoms with Crippen LogP contribution in [-0.4, -0.2) is 29.9 Å². The van der Waals surface area contributed by atoms with Crippen molar-refractivity contribution in [3.05, 3.63) is 46.6 Å². The number of hydrogen-bond acceptors (Lipinski definition) is 5. The molecule has 0 radical (unpaired) electrons. The molecule has 0 aliphatic carbocycles. The second-order valence-corrected chi connectivity index (χ2v) is 7.99. The smallest absolute Gasteiger partial charge is 0.356 e. The summed E-state index contributed by atoms with van der Waals surface area (Å²) in [6.45, 7) is 0.933. The zero-order chi connectivity index (χ0) is 23.7. The summed E-state index contributed by atoms with van der Waals surface area (Å²) < 4.78 is 68.6. The van der Waals surface area contributed by atoms with E-state index >= 15 is 0 Å². The van der Waals surface area contributed by atoms with Crippen LogP contribution in [0.3, 0.4) is 0 Å². The summed E-state index contributed by atoms with van der Waals surface area (Å²) in [5.74, 6) is -4.13. The number of thiol groups is 1. The topological polar surface area (TPSA) is 69.0 Å². The van der Waals surface area contributed by atoms with Crippen LogP contribution in [0.25, 0.3) is 0 Å². The molecule has 2 aromatic rings. The molecule has 1 N–H and O–H groups in total. The highest BCUT2D eigenvalue weighted by atomic mass is 32.1. The second-order valence-electron chi connectivity index (χ2n) is 7.47. The van der Waals surface area contributed by atoms with E-state index in [0.717, 1.165) is 0 Å². The third-order valence-electron chi connectivity index (χ3n) is 5.16. The second kappa shape index (κ2) is 8.94. The number of carbonyl (C=O) groups excluding carboxylic acids is 1. The van der Waals surface area contributed by atoms with Crippen molar-refractivity contribution in [3.63, 3.8) is 0 Å². The largest absolute Gasteiger partial charge is 0.434 e. The highest BCUT2D eigenvalue weighted by Gasteiger charge is 2.40. The van der Waals surface area contributed by atoms with Gasteiger partial charge in [0, 0.05) is 36.5 Å². The van der Waals surface area contributed by atoms with Gasteiger partial charge in [0.25, 0.3) is 5.91 Å². The van der Waals surface area contributed by atoms with Crippen molar-refractivity contribution in [3.8, 4) is 6.07 Å². The number of nitrogens with one attached hydrogen (secondary N) is 1. The summed E-state index contributed by atoms with van der Waals surface area (Å²) in [6.07, 6.45) is -5.95. The number of nitriles is 1. The molecule has 0 saturated carbocycles. The molecule has 0 spiro atoms. The molecule has 2 heterocycles. The van der Waals surface area contributed by atoms with E-state index in [9.17, 15) is 32.0 Å². The predicted molar refractivity (Wildman–Crippen MR) is 111 cm³/mol. The summed E-state index contributed by atoms with van der Waals surface area (Å²) in [4.78, 5) is 18.5. The average molecular weight is 470 g/mol. The molecule has 11 heteroatoms. The van der Waals surface area contributed by atoms with Gasteiger partial charge >= 0.3 is 6.18 Å². The first kappa shape index (κ1) is 23.8. The van der Waals surface area contributed by atoms with Crippen molar-refractivity contribution >= 4 is 30.0 Å². The summed E-state index contributed by atoms with van der Waals surface area (Å²) >= 11 is 4.18. The minimum atomic E-state index is -4.96. The first-order valence-electron chi connectivity index (χ1n) is 9.68. The van der Waals surface area contributed by atoms with Crippen LogP contribution in [0.4, 0.5) is 33.5 Å². The Morgan fingerprint density at radius 1 is 1.28 bits per heavy atom. The van der Waals surface area contributed by atoms with E-state index in [-0.39, 0.29) is 36.5 Å². The zero-order valence-corrected chi connectivity index (χ0v) is 17.8. The van der Waals surface area contributed by atoms with Crippen molar-refractivity contribution in [2.75, 3.05) is 23.3 Å². The fourth-order valence-corrected chi connectivity index (χ4v) is 3.81. The quantitative estimate of drug-likeness (QED) is 0.463. The van der Waals surface area contributed by atoms with E-state index < -0.39 is 42.1 Å². The molecule has 1 amide bonds. The fourth-order valence-electron chi connectivity index (χ4n) is 3.58. The van der Waals surface area contributed by atoms with Gasteiger partial charge in [0.05, 0.1) is 11.1 Å². The zero-order valence-electron chi connectivity index (χ0n) is 16.9. The van der Waals surface area contributed by atoms with E-state index in [0.29, 0.717) is 10.6 Å². The van der Waals surface area contributed by atoms with E-state index in [1.807, 2.05) is 0 Å². The third kappa shape index (κ3) is 5.12. The SMILES string of the molecule is Cc1c(C#N)c(C(F)(F)F)nc(N2CCCC(F)(F)CC2)c1C(=O)Nc1cccc(S)c1. The molecular weight excluding hydrogens is 451 g/mol. The van der Waals surface area contributed by atoms with Crippen molar-refractivity contribution in [2.45, 2.75) is 43.2 Å². The Morgan fingerprint density at radius 3 is 2.62 bits per heavy atom. The lowest BCUT2D eigenvalue weighted by molar-refractivity contribution is -0.141. The number of amides is 1. The Balaban J connectivity index is 2.15. The molecule has 0 bridgehead atoms. The van der Waals surface area contributed by atoms with Crippen molar-refractivity contribution < 1.29 is 26.7 Å². The Kier molecular flexibility index (Phi) is 6.64. The maximum atomic E-state index is 13.8. The minimum absolute atomic E-state index is 0.00235. The van der Waals surface area contributed by atoms with Crippen LogP contribution in [0, 0.1) is 18.3 Å². The molecular formula is C21H19F5N4OS. The van der Waals surface area contributed by atoms with Gasteiger partial charge in [-0.3, -0.25) is 4.79 Å². The molecule has 0 atom stereocenters. The number of hydrogen-bond donors (Lipinski definition) is 2. The van der Waals surface area contributed by atoms with Gasteiger partial charge in [0.2, 0.25) is 5.92 Å². The van der Waals surface area contributed by atoms with Gasteiger partial charge in [-0.05, 0) is 37.1 Å². The van der Waals surface area contributed by atoms with Gasteiger partial charge in [-0.25, -0.2) is 13.8 Å². The number of aromatic nitrogens is 1. The van der Waals surface area contributed by atoms with Crippen molar-refractivity contribution in [1.29, 1.82) is 5.26 Å². The molecule has 170 valence electrons. The van der Waals surface area contributed by atoms with Crippen LogP contribution < -0.4 is 10.2 Å². The molecule has 1 fully saturated rings. The molecule has 0 unspecified atom stereocenters. The standard InChI is InChI=1S/C21H19F5N4OS/c1-12-15(11-27)17(21(24,25)26)29-18(30-8-3-6-20(22,23)7-9-30)16(12)19(31)28-13-4-2-5-14(32)10-13/h2,4-5,10,32H,3,6-9H2,1H3,(H,28,31). The van der Waals surface area contributed by atoms with Crippen molar-refractivity contribution in [2.24, 2.45) is 0 Å². The number of halogens is 5. The fraction of sp³-hybridized carbons (Fsp3) is 0.381. The Labute approximate surface area is 186 Å². The lowest BCUT2D eigenvalue weighted by atomic mass is 10.00. The van der Waals surface area contributed by atoms with E-state index in [1.54, 1.807) is 18.2 Å². The molecule has 32 heavy (non-hydrogen) atoms. The number of pyridine rings is 1. The monoisotopic (exact) mass is 470 g/mol. The van der Waals surface area contributed by atoms with Crippen LogP contribution in [0.15, 0.2) is 29.2 Å². The molecule has 1 aliphatic rings. The van der Waals surface area contributed by atoms with Gasteiger partial charge in [0.15, 0.2) is 5.69 Å². The summed E-state index contributed by atoms with van der Waals surface area (Å²) in [5.41, 5.74) is -2.38. The lowest BCUT2D eigenvalue weighted by Crippen LogP contribution is -2.31. The first-order valence-corrected chi connectivity index (χ1v) is 10.1. The highest BCUT2D eigenvalue weighted by Crippen LogP contribution is 2.38. The number of carbonyl (C=O) groups is 1. The molecule has 3 rings (SSSR count). The number of alkyl halides is 5. The van der Waals surface area contributed by atoms with E-state index in [2.05, 4.69) is 22.9 Å². The Bertz CT molecular complexity index is 1080. The summed E-state index contributed by atoms with van der Waals surface area (Å²) in [7, 11) is 0. The van der Waals surface area contributed by atoms with Gasteiger partial charge < -0.3 is 10.2 Å². The normalized spacial score (nSPS) is 16.2. The number of rotatable bonds is 3. The van der Waals surface area contributed by atoms with Gasteiger partial charge in [-0.2, -0.15) is 18.4 Å². The third-order valence-corrected chi connectivity index (χ3v) is 5.44. The van der Waals surface area contributed by atoms with Crippen LogP contribution in [0.2, 0.25) is 0 Å². The van der Waals surface area contributed by atoms with E-state index in [1.165, 1.54) is 24.0 Å². The lowest BCUT2D eigenvalue weighted by Gasteiger charge is -2.26. The Hall–Kier alpha value is -2.87. The van der Waals surface area contributed by atoms with Gasteiger partial charge in [-0.1, -0.05) is 6.07 Å². The van der Waals surface area contributed by atoms with Crippen LogP contribution in [0.5, 0.6) is 0 Å². The maximum Gasteiger partial charge on any atom is 0.434 e. The van der Waals surface area contributed by atoms with Crippen LogP contribution in [-0.2, 0) is 6.18 Å². The number of benzene rings is 1. The molecule has 1 aromatic carbocycles. The highest BCUT2D eigenvalue weighted by molar-refractivity contribution is 7.80.